The quantitative estimate of drug-likeness (QED) is 0.471. The average Bonchev–Trinajstić information content (AvgIpc) is 3.22. The molecule has 1 N–H and O–H groups in total. The van der Waals surface area contributed by atoms with Crippen molar-refractivity contribution in [1.29, 1.82) is 0 Å². The number of methoxy groups -OCH3 is 3. The van der Waals surface area contributed by atoms with E-state index in [4.69, 9.17) is 19.3 Å². The maximum absolute atomic E-state index is 5.44. The number of aryl methyl sites for hydroxylation is 2. The summed E-state index contributed by atoms with van der Waals surface area (Å²) in [6, 6.07) is 14.1. The van der Waals surface area contributed by atoms with E-state index >= 15 is 0 Å². The van der Waals surface area contributed by atoms with Gasteiger partial charge in [-0.2, -0.15) is 0 Å². The highest BCUT2D eigenvalue weighted by Crippen LogP contribution is 2.38. The van der Waals surface area contributed by atoms with Crippen molar-refractivity contribution in [2.75, 3.05) is 26.6 Å². The van der Waals surface area contributed by atoms with Gasteiger partial charge in [0.2, 0.25) is 5.75 Å². The van der Waals surface area contributed by atoms with Crippen molar-refractivity contribution in [3.8, 4) is 28.5 Å². The van der Waals surface area contributed by atoms with Crippen molar-refractivity contribution in [3.63, 3.8) is 0 Å². The van der Waals surface area contributed by atoms with Gasteiger partial charge in [0, 0.05) is 12.1 Å². The molecule has 0 atom stereocenters. The molecule has 2 aromatic carbocycles. The summed E-state index contributed by atoms with van der Waals surface area (Å²) in [4.78, 5) is 4.50. The van der Waals surface area contributed by atoms with Gasteiger partial charge in [-0.15, -0.1) is 5.10 Å². The van der Waals surface area contributed by atoms with Gasteiger partial charge in [0.25, 0.3) is 0 Å². The van der Waals surface area contributed by atoms with Crippen LogP contribution in [0.4, 0.5) is 5.82 Å². The zero-order valence-corrected chi connectivity index (χ0v) is 18.4. The monoisotopic (exact) mass is 418 g/mol. The first-order valence-electron chi connectivity index (χ1n) is 9.99. The van der Waals surface area contributed by atoms with E-state index in [2.05, 4.69) is 42.3 Å². The molecule has 0 spiro atoms. The number of hydrogen-bond donors (Lipinski definition) is 1. The lowest BCUT2D eigenvalue weighted by Crippen LogP contribution is -2.06. The minimum atomic E-state index is 0.545. The van der Waals surface area contributed by atoms with Gasteiger partial charge in [-0.05, 0) is 60.9 Å². The van der Waals surface area contributed by atoms with E-state index in [-0.39, 0.29) is 0 Å². The predicted octanol–water partition coefficient (Wildman–Crippen LogP) is 4.65. The Bertz CT molecular complexity index is 1210. The van der Waals surface area contributed by atoms with Gasteiger partial charge in [-0.3, -0.25) is 0 Å². The zero-order valence-electron chi connectivity index (χ0n) is 18.4. The molecule has 31 heavy (non-hydrogen) atoms. The molecule has 0 unspecified atom stereocenters. The molecule has 4 rings (SSSR count). The van der Waals surface area contributed by atoms with E-state index in [0.717, 1.165) is 28.3 Å². The summed E-state index contributed by atoms with van der Waals surface area (Å²) in [6.07, 6.45) is 1.86. The molecule has 0 amide bonds. The maximum Gasteiger partial charge on any atom is 0.203 e. The van der Waals surface area contributed by atoms with Gasteiger partial charge in [0.05, 0.1) is 33.2 Å². The number of nitrogens with zero attached hydrogens (tertiary/aromatic N) is 3. The Hall–Kier alpha value is -3.74. The summed E-state index contributed by atoms with van der Waals surface area (Å²) in [6.45, 7) is 4.76. The number of nitrogens with one attached hydrogen (secondary N) is 1. The van der Waals surface area contributed by atoms with Crippen LogP contribution < -0.4 is 19.5 Å². The first-order valence-corrected chi connectivity index (χ1v) is 9.99. The highest BCUT2D eigenvalue weighted by atomic mass is 16.5. The highest BCUT2D eigenvalue weighted by molar-refractivity contribution is 5.65. The van der Waals surface area contributed by atoms with Crippen LogP contribution in [-0.2, 0) is 6.54 Å². The Morgan fingerprint density at radius 3 is 2.26 bits per heavy atom. The number of aromatic nitrogens is 3. The molecule has 0 bridgehead atoms. The second-order valence-corrected chi connectivity index (χ2v) is 7.32. The first-order chi connectivity index (χ1) is 15.0. The molecule has 0 fully saturated rings. The van der Waals surface area contributed by atoms with Crippen LogP contribution in [-0.4, -0.2) is 35.9 Å². The van der Waals surface area contributed by atoms with E-state index in [9.17, 15) is 0 Å². The van der Waals surface area contributed by atoms with Crippen molar-refractivity contribution in [3.05, 3.63) is 65.4 Å². The van der Waals surface area contributed by atoms with Crippen LogP contribution in [0.2, 0.25) is 0 Å². The second kappa shape index (κ2) is 8.55. The minimum Gasteiger partial charge on any atom is -0.493 e. The minimum absolute atomic E-state index is 0.545. The number of fused-ring (bicyclic) bond motifs is 1. The fraction of sp³-hybridized carbons (Fsp3) is 0.250. The molecular weight excluding hydrogens is 392 g/mol. The lowest BCUT2D eigenvalue weighted by molar-refractivity contribution is 0.324. The van der Waals surface area contributed by atoms with Crippen LogP contribution in [0, 0.1) is 13.8 Å². The van der Waals surface area contributed by atoms with Gasteiger partial charge in [-0.1, -0.05) is 12.1 Å². The van der Waals surface area contributed by atoms with Crippen LogP contribution in [0.3, 0.4) is 0 Å². The molecule has 0 saturated heterocycles. The molecule has 160 valence electrons. The van der Waals surface area contributed by atoms with E-state index in [1.54, 1.807) is 21.3 Å². The topological polar surface area (TPSA) is 69.9 Å². The highest BCUT2D eigenvalue weighted by Gasteiger charge is 2.14. The van der Waals surface area contributed by atoms with Crippen LogP contribution in [0.15, 0.2) is 48.7 Å². The Morgan fingerprint density at radius 2 is 1.61 bits per heavy atom. The lowest BCUT2D eigenvalue weighted by atomic mass is 10.0. The number of hydrogen-bond acceptors (Lipinski definition) is 6. The van der Waals surface area contributed by atoms with Crippen LogP contribution in [0.25, 0.3) is 16.9 Å². The third-order valence-corrected chi connectivity index (χ3v) is 5.36. The Morgan fingerprint density at radius 1 is 0.871 bits per heavy atom. The third-order valence-electron chi connectivity index (χ3n) is 5.36. The number of ether oxygens (including phenoxy) is 3. The molecule has 0 aliphatic carbocycles. The van der Waals surface area contributed by atoms with Gasteiger partial charge >= 0.3 is 0 Å². The summed E-state index contributed by atoms with van der Waals surface area (Å²) < 4.78 is 18.1. The normalized spacial score (nSPS) is 10.9. The molecule has 7 nitrogen and oxygen atoms in total. The number of rotatable bonds is 7. The fourth-order valence-electron chi connectivity index (χ4n) is 3.50. The van der Waals surface area contributed by atoms with Crippen molar-refractivity contribution >= 4 is 11.5 Å². The molecule has 2 aromatic heterocycles. The Balaban J connectivity index is 1.62. The number of anilines is 1. The predicted molar refractivity (Wildman–Crippen MR) is 121 cm³/mol. The van der Waals surface area contributed by atoms with Crippen LogP contribution in [0.5, 0.6) is 17.2 Å². The average molecular weight is 418 g/mol. The molecule has 4 aromatic rings. The zero-order chi connectivity index (χ0) is 22.0. The standard InChI is InChI=1S/C24H26N4O3/c1-15-6-7-18(10-16(15)2)19-14-26-23-9-8-22(27-28(19)23)25-13-17-11-20(29-3)24(31-5)21(12-17)30-4/h6-12,14H,13H2,1-5H3,(H,25,27). The first kappa shape index (κ1) is 20.5. The summed E-state index contributed by atoms with van der Waals surface area (Å²) in [5.41, 5.74) is 6.32. The summed E-state index contributed by atoms with van der Waals surface area (Å²) in [7, 11) is 4.81. The van der Waals surface area contributed by atoms with Crippen molar-refractivity contribution < 1.29 is 14.2 Å². The summed E-state index contributed by atoms with van der Waals surface area (Å²) >= 11 is 0. The van der Waals surface area contributed by atoms with E-state index in [0.29, 0.717) is 23.8 Å². The maximum atomic E-state index is 5.44. The fourth-order valence-corrected chi connectivity index (χ4v) is 3.50. The Kier molecular flexibility index (Phi) is 5.66. The van der Waals surface area contributed by atoms with Crippen LogP contribution in [0.1, 0.15) is 16.7 Å². The molecule has 0 aliphatic rings. The Labute approximate surface area is 181 Å². The molecule has 0 saturated carbocycles. The van der Waals surface area contributed by atoms with Crippen molar-refractivity contribution in [1.82, 2.24) is 14.6 Å². The van der Waals surface area contributed by atoms with Crippen molar-refractivity contribution in [2.24, 2.45) is 0 Å². The lowest BCUT2D eigenvalue weighted by Gasteiger charge is -2.14. The molecule has 0 aliphatic heterocycles. The summed E-state index contributed by atoms with van der Waals surface area (Å²) in [5, 5.41) is 8.12. The second-order valence-electron chi connectivity index (χ2n) is 7.32. The van der Waals surface area contributed by atoms with Gasteiger partial charge < -0.3 is 19.5 Å². The van der Waals surface area contributed by atoms with E-state index in [1.807, 2.05) is 35.0 Å². The number of imidazole rings is 1. The molecular formula is C24H26N4O3. The van der Waals surface area contributed by atoms with Crippen LogP contribution >= 0.6 is 0 Å². The van der Waals surface area contributed by atoms with Gasteiger partial charge in [0.15, 0.2) is 17.1 Å². The SMILES string of the molecule is COc1cc(CNc2ccc3ncc(-c4ccc(C)c(C)c4)n3n2)cc(OC)c1OC. The molecule has 7 heteroatoms. The van der Waals surface area contributed by atoms with E-state index < -0.39 is 0 Å². The number of benzene rings is 2. The molecule has 0 radical (unpaired) electrons. The van der Waals surface area contributed by atoms with Gasteiger partial charge in [-0.25, -0.2) is 9.50 Å². The third kappa shape index (κ3) is 3.99. The van der Waals surface area contributed by atoms with E-state index in [1.165, 1.54) is 11.1 Å². The van der Waals surface area contributed by atoms with Gasteiger partial charge in [0.1, 0.15) is 5.82 Å². The van der Waals surface area contributed by atoms with Crippen molar-refractivity contribution in [2.45, 2.75) is 20.4 Å². The summed E-state index contributed by atoms with van der Waals surface area (Å²) in [5.74, 6) is 2.55. The smallest absolute Gasteiger partial charge is 0.203 e. The molecule has 2 heterocycles. The largest absolute Gasteiger partial charge is 0.493 e.